The van der Waals surface area contributed by atoms with Crippen LogP contribution in [0, 0.1) is 0 Å². The van der Waals surface area contributed by atoms with Crippen molar-refractivity contribution in [3.8, 4) is 0 Å². The molecule has 1 aliphatic heterocycles. The molecule has 0 spiro atoms. The summed E-state index contributed by atoms with van der Waals surface area (Å²) in [5.41, 5.74) is 0. The van der Waals surface area contributed by atoms with Crippen molar-refractivity contribution in [1.82, 2.24) is 5.32 Å². The molecule has 0 aromatic rings. The molecule has 1 fully saturated rings. The molecule has 1 saturated heterocycles. The van der Waals surface area contributed by atoms with Gasteiger partial charge >= 0.3 is 5.97 Å². The topological polar surface area (TPSA) is 175 Å². The lowest BCUT2D eigenvalue weighted by atomic mass is 9.99. The van der Waals surface area contributed by atoms with Crippen LogP contribution in [0.4, 0.5) is 0 Å². The first-order chi connectivity index (χ1) is 37.2. The number of rotatable bonds is 53. The van der Waals surface area contributed by atoms with Gasteiger partial charge in [-0.25, -0.2) is 0 Å². The molecule has 8 unspecified atom stereocenters. The standard InChI is InChI=1S/C65H117NO10/c1-4-7-10-13-16-19-22-25-27-29-30-31-33-35-38-41-44-47-50-53-60(70)76-63-62(72)61(71)59(54-67)75-65(63)74-55-56(57(68)51-48-45-42-39-36-24-21-18-15-12-9-6-3)66-64(73)58(69)52-49-46-43-40-37-34-32-28-26-23-20-17-14-11-8-5-2/h17,20,25-28,34,37,48,51,56-59,61-63,65,67-69,71-72H,4-16,18-19,21-24,29-33,35-36,38-47,49-50,52-55H2,1-3H3,(H,66,73)/b20-17-,27-25+,28-26-,37-34-,51-48+. The van der Waals surface area contributed by atoms with Crippen LogP contribution in [0.3, 0.4) is 0 Å². The largest absolute Gasteiger partial charge is 0.454 e. The molecule has 11 nitrogen and oxygen atoms in total. The highest BCUT2D eigenvalue weighted by Gasteiger charge is 2.47. The molecule has 6 N–H and O–H groups in total. The lowest BCUT2D eigenvalue weighted by Crippen LogP contribution is -2.61. The quantitative estimate of drug-likeness (QED) is 0.0195. The van der Waals surface area contributed by atoms with Gasteiger partial charge in [0.05, 0.1) is 25.4 Å². The lowest BCUT2D eigenvalue weighted by molar-refractivity contribution is -0.305. The lowest BCUT2D eigenvalue weighted by Gasteiger charge is -2.41. The number of aliphatic hydroxyl groups is 5. The van der Waals surface area contributed by atoms with E-state index < -0.39 is 67.4 Å². The normalized spacial score (nSPS) is 19.5. The smallest absolute Gasteiger partial charge is 0.306 e. The number of carbonyl (C=O) groups excluding carboxylic acids is 2. The van der Waals surface area contributed by atoms with Gasteiger partial charge in [-0.1, -0.05) is 242 Å². The van der Waals surface area contributed by atoms with Crippen LogP contribution >= 0.6 is 0 Å². The van der Waals surface area contributed by atoms with Crippen molar-refractivity contribution in [2.24, 2.45) is 0 Å². The summed E-state index contributed by atoms with van der Waals surface area (Å²) < 4.78 is 17.6. The van der Waals surface area contributed by atoms with E-state index in [1.54, 1.807) is 6.08 Å². The second-order valence-electron chi connectivity index (χ2n) is 21.8. The summed E-state index contributed by atoms with van der Waals surface area (Å²) in [4.78, 5) is 26.5. The molecule has 0 bridgehead atoms. The fourth-order valence-electron chi connectivity index (χ4n) is 9.59. The van der Waals surface area contributed by atoms with Crippen LogP contribution in [-0.2, 0) is 23.8 Å². The Labute approximate surface area is 465 Å². The number of hydrogen-bond acceptors (Lipinski definition) is 10. The number of amides is 1. The summed E-state index contributed by atoms with van der Waals surface area (Å²) in [5.74, 6) is -1.22. The zero-order valence-electron chi connectivity index (χ0n) is 48.9. The van der Waals surface area contributed by atoms with Gasteiger partial charge in [-0.15, -0.1) is 0 Å². The molecular formula is C65H117NO10. The highest BCUT2D eigenvalue weighted by Crippen LogP contribution is 2.26. The molecule has 442 valence electrons. The zero-order chi connectivity index (χ0) is 55.4. The SMILES string of the molecule is CCCCC/C=C\C/C=C\C/C=C\CCCCCC(O)C(=O)NC(COC1OC(CO)C(O)C(O)C1OC(=O)CCCCCCCCCCC/C=C/CCCCCCCC)C(O)/C=C/CCCCCCCCCCCC. The first-order valence-electron chi connectivity index (χ1n) is 31.6. The summed E-state index contributed by atoms with van der Waals surface area (Å²) in [6, 6.07) is -1.04. The van der Waals surface area contributed by atoms with Crippen LogP contribution in [0.1, 0.15) is 278 Å². The van der Waals surface area contributed by atoms with Gasteiger partial charge < -0.3 is 45.1 Å². The van der Waals surface area contributed by atoms with Gasteiger partial charge in [-0.3, -0.25) is 9.59 Å². The second-order valence-corrected chi connectivity index (χ2v) is 21.8. The Bertz CT molecular complexity index is 1460. The van der Waals surface area contributed by atoms with Crippen molar-refractivity contribution in [1.29, 1.82) is 0 Å². The van der Waals surface area contributed by atoms with E-state index in [1.807, 2.05) is 6.08 Å². The Kier molecular flexibility index (Phi) is 49.8. The first-order valence-corrected chi connectivity index (χ1v) is 31.6. The average Bonchev–Trinajstić information content (AvgIpc) is 3.42. The summed E-state index contributed by atoms with van der Waals surface area (Å²) >= 11 is 0. The molecule has 0 saturated carbocycles. The van der Waals surface area contributed by atoms with Crippen molar-refractivity contribution in [2.75, 3.05) is 13.2 Å². The molecular weight excluding hydrogens is 955 g/mol. The maximum atomic E-state index is 13.4. The molecule has 76 heavy (non-hydrogen) atoms. The summed E-state index contributed by atoms with van der Waals surface area (Å²) in [6.07, 6.45) is 55.4. The van der Waals surface area contributed by atoms with Gasteiger partial charge in [0.25, 0.3) is 0 Å². The van der Waals surface area contributed by atoms with Crippen molar-refractivity contribution in [3.05, 3.63) is 60.8 Å². The Balaban J connectivity index is 2.69. The Morgan fingerprint density at radius 3 is 1.39 bits per heavy atom. The number of ether oxygens (including phenoxy) is 3. The number of allylic oxidation sites excluding steroid dienone is 9. The summed E-state index contributed by atoms with van der Waals surface area (Å²) in [7, 11) is 0. The molecule has 0 aliphatic carbocycles. The third-order valence-electron chi connectivity index (χ3n) is 14.6. The Morgan fingerprint density at radius 1 is 0.513 bits per heavy atom. The van der Waals surface area contributed by atoms with Crippen molar-refractivity contribution >= 4 is 11.9 Å². The third kappa shape index (κ3) is 40.5. The molecule has 8 atom stereocenters. The van der Waals surface area contributed by atoms with Crippen LogP contribution in [-0.4, -0.2) is 99.6 Å². The third-order valence-corrected chi connectivity index (χ3v) is 14.6. The molecule has 1 aliphatic rings. The molecule has 0 aromatic carbocycles. The average molecular weight is 1070 g/mol. The van der Waals surface area contributed by atoms with E-state index in [2.05, 4.69) is 74.7 Å². The highest BCUT2D eigenvalue weighted by atomic mass is 16.7. The first kappa shape index (κ1) is 71.4. The monoisotopic (exact) mass is 1070 g/mol. The van der Waals surface area contributed by atoms with Crippen LogP contribution in [0.25, 0.3) is 0 Å². The number of hydrogen-bond donors (Lipinski definition) is 6. The fourth-order valence-corrected chi connectivity index (χ4v) is 9.59. The van der Waals surface area contributed by atoms with E-state index in [0.29, 0.717) is 12.8 Å². The van der Waals surface area contributed by atoms with E-state index in [0.717, 1.165) is 77.0 Å². The van der Waals surface area contributed by atoms with Crippen molar-refractivity contribution in [2.45, 2.75) is 327 Å². The van der Waals surface area contributed by atoms with Crippen LogP contribution in [0.2, 0.25) is 0 Å². The highest BCUT2D eigenvalue weighted by molar-refractivity contribution is 5.80. The number of nitrogens with one attached hydrogen (secondary N) is 1. The van der Waals surface area contributed by atoms with Gasteiger partial charge in [0.1, 0.15) is 24.4 Å². The Hall–Kier alpha value is -2.64. The summed E-state index contributed by atoms with van der Waals surface area (Å²) in [5, 5.41) is 57.0. The van der Waals surface area contributed by atoms with E-state index in [-0.39, 0.29) is 19.4 Å². The minimum atomic E-state index is -1.62. The van der Waals surface area contributed by atoms with Crippen LogP contribution in [0.5, 0.6) is 0 Å². The predicted octanol–water partition coefficient (Wildman–Crippen LogP) is 15.0. The van der Waals surface area contributed by atoms with Gasteiger partial charge in [-0.2, -0.15) is 0 Å². The number of carbonyl (C=O) groups is 2. The predicted molar refractivity (Wildman–Crippen MR) is 315 cm³/mol. The van der Waals surface area contributed by atoms with Crippen LogP contribution < -0.4 is 5.32 Å². The molecule has 1 amide bonds. The van der Waals surface area contributed by atoms with Crippen LogP contribution in [0.15, 0.2) is 60.8 Å². The van der Waals surface area contributed by atoms with Gasteiger partial charge in [0.2, 0.25) is 5.91 Å². The maximum absolute atomic E-state index is 13.4. The fraction of sp³-hybridized carbons (Fsp3) is 0.815. The van der Waals surface area contributed by atoms with E-state index in [4.69, 9.17) is 14.2 Å². The zero-order valence-corrected chi connectivity index (χ0v) is 48.9. The minimum Gasteiger partial charge on any atom is -0.454 e. The molecule has 0 aromatic heterocycles. The molecule has 1 rings (SSSR count). The van der Waals surface area contributed by atoms with E-state index in [1.165, 1.54) is 154 Å². The summed E-state index contributed by atoms with van der Waals surface area (Å²) in [6.45, 7) is 5.75. The van der Waals surface area contributed by atoms with Gasteiger partial charge in [0, 0.05) is 6.42 Å². The van der Waals surface area contributed by atoms with E-state index in [9.17, 15) is 35.1 Å². The number of esters is 1. The second kappa shape index (κ2) is 53.0. The van der Waals surface area contributed by atoms with Gasteiger partial charge in [0.15, 0.2) is 12.4 Å². The number of unbranched alkanes of at least 4 members (excludes halogenated alkanes) is 31. The van der Waals surface area contributed by atoms with E-state index >= 15 is 0 Å². The molecule has 0 radical (unpaired) electrons. The van der Waals surface area contributed by atoms with Gasteiger partial charge in [-0.05, 0) is 89.9 Å². The maximum Gasteiger partial charge on any atom is 0.306 e. The molecule has 11 heteroatoms. The minimum absolute atomic E-state index is 0.118. The Morgan fingerprint density at radius 2 is 0.908 bits per heavy atom. The van der Waals surface area contributed by atoms with Crippen molar-refractivity contribution in [3.63, 3.8) is 0 Å². The van der Waals surface area contributed by atoms with Crippen molar-refractivity contribution < 1.29 is 49.3 Å². The number of aliphatic hydroxyl groups excluding tert-OH is 5. The molecule has 1 heterocycles.